The molecule has 0 unspecified atom stereocenters. The molecule has 1 rings (SSSR count). The average molecular weight is 290 g/mol. The van der Waals surface area contributed by atoms with Gasteiger partial charge in [0.05, 0.1) is 11.5 Å². The van der Waals surface area contributed by atoms with Gasteiger partial charge >= 0.3 is 0 Å². The molecule has 0 radical (unpaired) electrons. The van der Waals surface area contributed by atoms with Gasteiger partial charge in [-0.25, -0.2) is 8.42 Å². The molecule has 3 nitrogen and oxygen atoms in total. The van der Waals surface area contributed by atoms with E-state index in [1.807, 2.05) is 20.8 Å². The van der Waals surface area contributed by atoms with Crippen LogP contribution in [-0.4, -0.2) is 26.3 Å². The number of halogens is 1. The fraction of sp³-hybridized carbons (Fsp3) is 0.538. The predicted octanol–water partition coefficient (Wildman–Crippen LogP) is 2.64. The van der Waals surface area contributed by atoms with Gasteiger partial charge in [-0.15, -0.1) is 0 Å². The van der Waals surface area contributed by atoms with Gasteiger partial charge in [0.2, 0.25) is 0 Å². The van der Waals surface area contributed by atoms with E-state index in [9.17, 15) is 8.42 Å². The topological polar surface area (TPSA) is 46.2 Å². The highest BCUT2D eigenvalue weighted by Gasteiger charge is 2.14. The molecule has 0 fully saturated rings. The smallest absolute Gasteiger partial charge is 0.155 e. The maximum Gasteiger partial charge on any atom is 0.155 e. The molecule has 0 amide bonds. The molecule has 0 saturated carbocycles. The van der Waals surface area contributed by atoms with E-state index in [0.717, 1.165) is 5.56 Å². The molecular weight excluding hydrogens is 270 g/mol. The third-order valence-corrected chi connectivity index (χ3v) is 4.22. The number of benzene rings is 1. The zero-order valence-corrected chi connectivity index (χ0v) is 12.6. The molecule has 0 bridgehead atoms. The van der Waals surface area contributed by atoms with Crippen LogP contribution in [0.1, 0.15) is 26.3 Å². The Labute approximate surface area is 114 Å². The summed E-state index contributed by atoms with van der Waals surface area (Å²) >= 11 is 5.76. The van der Waals surface area contributed by atoms with E-state index in [1.165, 1.54) is 0 Å². The van der Waals surface area contributed by atoms with Crippen LogP contribution in [0.25, 0.3) is 0 Å². The summed E-state index contributed by atoms with van der Waals surface area (Å²) in [6.07, 6.45) is 0. The average Bonchev–Trinajstić information content (AvgIpc) is 2.18. The summed E-state index contributed by atoms with van der Waals surface area (Å²) in [5.41, 5.74) is 0.714. The predicted molar refractivity (Wildman–Crippen MR) is 76.7 cm³/mol. The SMILES string of the molecule is CC(C)(C)NCCS(=O)(=O)Cc1ccc(Cl)cc1. The normalized spacial score (nSPS) is 12.7. The Hall–Kier alpha value is -0.580. The van der Waals surface area contributed by atoms with Crippen molar-refractivity contribution in [3.63, 3.8) is 0 Å². The van der Waals surface area contributed by atoms with E-state index < -0.39 is 9.84 Å². The maximum atomic E-state index is 11.9. The van der Waals surface area contributed by atoms with Crippen molar-refractivity contribution in [1.82, 2.24) is 5.32 Å². The molecule has 0 aliphatic carbocycles. The minimum absolute atomic E-state index is 0.0597. The van der Waals surface area contributed by atoms with Crippen LogP contribution < -0.4 is 5.32 Å². The summed E-state index contributed by atoms with van der Waals surface area (Å²) in [5, 5.41) is 3.79. The molecule has 0 aliphatic heterocycles. The molecule has 5 heteroatoms. The van der Waals surface area contributed by atoms with Crippen molar-refractivity contribution in [1.29, 1.82) is 0 Å². The molecule has 0 aliphatic rings. The van der Waals surface area contributed by atoms with Crippen molar-refractivity contribution in [2.45, 2.75) is 32.1 Å². The summed E-state index contributed by atoms with van der Waals surface area (Å²) in [4.78, 5) is 0. The fourth-order valence-electron chi connectivity index (χ4n) is 1.49. The molecule has 0 spiro atoms. The zero-order chi connectivity index (χ0) is 13.8. The Kier molecular flexibility index (Phi) is 5.20. The quantitative estimate of drug-likeness (QED) is 0.906. The Balaban J connectivity index is 2.52. The minimum atomic E-state index is -3.08. The van der Waals surface area contributed by atoms with Crippen molar-refractivity contribution >= 4 is 21.4 Å². The second-order valence-electron chi connectivity index (χ2n) is 5.40. The second-order valence-corrected chi connectivity index (χ2v) is 8.02. The third-order valence-electron chi connectivity index (χ3n) is 2.37. The van der Waals surface area contributed by atoms with Crippen LogP contribution in [0.3, 0.4) is 0 Å². The first-order valence-electron chi connectivity index (χ1n) is 5.88. The van der Waals surface area contributed by atoms with Crippen molar-refractivity contribution in [3.05, 3.63) is 34.9 Å². The highest BCUT2D eigenvalue weighted by Crippen LogP contribution is 2.12. The molecule has 1 aromatic carbocycles. The highest BCUT2D eigenvalue weighted by atomic mass is 35.5. The molecule has 0 saturated heterocycles. The first-order chi connectivity index (χ1) is 8.18. The first-order valence-corrected chi connectivity index (χ1v) is 8.08. The summed E-state index contributed by atoms with van der Waals surface area (Å²) in [6, 6.07) is 6.91. The van der Waals surface area contributed by atoms with Gasteiger partial charge in [-0.3, -0.25) is 0 Å². The fourth-order valence-corrected chi connectivity index (χ4v) is 2.87. The molecule has 102 valence electrons. The van der Waals surface area contributed by atoms with Crippen LogP contribution >= 0.6 is 11.6 Å². The van der Waals surface area contributed by atoms with E-state index in [0.29, 0.717) is 11.6 Å². The molecule has 1 aromatic rings. The molecule has 18 heavy (non-hydrogen) atoms. The lowest BCUT2D eigenvalue weighted by Gasteiger charge is -2.20. The lowest BCUT2D eigenvalue weighted by molar-refractivity contribution is 0.438. The minimum Gasteiger partial charge on any atom is -0.311 e. The summed E-state index contributed by atoms with van der Waals surface area (Å²) < 4.78 is 23.8. The largest absolute Gasteiger partial charge is 0.311 e. The van der Waals surface area contributed by atoms with Crippen LogP contribution in [0.4, 0.5) is 0 Å². The second kappa shape index (κ2) is 6.04. The molecule has 0 aromatic heterocycles. The monoisotopic (exact) mass is 289 g/mol. The van der Waals surface area contributed by atoms with Gasteiger partial charge in [-0.2, -0.15) is 0 Å². The number of rotatable bonds is 5. The van der Waals surface area contributed by atoms with E-state index in [1.54, 1.807) is 24.3 Å². The van der Waals surface area contributed by atoms with Gasteiger partial charge in [0, 0.05) is 17.1 Å². The molecular formula is C13H20ClNO2S. The number of sulfone groups is 1. The Bertz CT molecular complexity index is 475. The van der Waals surface area contributed by atoms with Crippen LogP contribution in [0.5, 0.6) is 0 Å². The number of hydrogen-bond acceptors (Lipinski definition) is 3. The third kappa shape index (κ3) is 6.38. The Morgan fingerprint density at radius 3 is 2.22 bits per heavy atom. The summed E-state index contributed by atoms with van der Waals surface area (Å²) in [7, 11) is -3.08. The number of nitrogens with one attached hydrogen (secondary N) is 1. The highest BCUT2D eigenvalue weighted by molar-refractivity contribution is 7.90. The molecule has 0 atom stereocenters. The van der Waals surface area contributed by atoms with Crippen LogP contribution in [0.2, 0.25) is 5.02 Å². The van der Waals surface area contributed by atoms with E-state index in [-0.39, 0.29) is 17.0 Å². The maximum absolute atomic E-state index is 11.9. The van der Waals surface area contributed by atoms with Gasteiger partial charge in [0.1, 0.15) is 0 Å². The van der Waals surface area contributed by atoms with Crippen molar-refractivity contribution in [3.8, 4) is 0 Å². The van der Waals surface area contributed by atoms with Crippen LogP contribution in [-0.2, 0) is 15.6 Å². The van der Waals surface area contributed by atoms with Gasteiger partial charge in [0.15, 0.2) is 9.84 Å². The number of hydrogen-bond donors (Lipinski definition) is 1. The van der Waals surface area contributed by atoms with Gasteiger partial charge in [-0.1, -0.05) is 23.7 Å². The lowest BCUT2D eigenvalue weighted by atomic mass is 10.1. The molecule has 0 heterocycles. The standard InChI is InChI=1S/C13H20ClNO2S/c1-13(2,3)15-8-9-18(16,17)10-11-4-6-12(14)7-5-11/h4-7,15H,8-10H2,1-3H3. The summed E-state index contributed by atoms with van der Waals surface area (Å²) in [5.74, 6) is 0.211. The van der Waals surface area contributed by atoms with Gasteiger partial charge in [-0.05, 0) is 38.5 Å². The van der Waals surface area contributed by atoms with E-state index >= 15 is 0 Å². The van der Waals surface area contributed by atoms with E-state index in [4.69, 9.17) is 11.6 Å². The van der Waals surface area contributed by atoms with E-state index in [2.05, 4.69) is 5.32 Å². The molecule has 1 N–H and O–H groups in total. The van der Waals surface area contributed by atoms with Crippen molar-refractivity contribution in [2.75, 3.05) is 12.3 Å². The van der Waals surface area contributed by atoms with Crippen LogP contribution in [0.15, 0.2) is 24.3 Å². The van der Waals surface area contributed by atoms with Gasteiger partial charge in [0.25, 0.3) is 0 Å². The Morgan fingerprint density at radius 1 is 1.17 bits per heavy atom. The lowest BCUT2D eigenvalue weighted by Crippen LogP contribution is -2.38. The van der Waals surface area contributed by atoms with Crippen molar-refractivity contribution in [2.24, 2.45) is 0 Å². The Morgan fingerprint density at radius 2 is 1.72 bits per heavy atom. The van der Waals surface area contributed by atoms with Crippen molar-refractivity contribution < 1.29 is 8.42 Å². The summed E-state index contributed by atoms with van der Waals surface area (Å²) in [6.45, 7) is 6.51. The zero-order valence-electron chi connectivity index (χ0n) is 11.0. The van der Waals surface area contributed by atoms with Crippen LogP contribution in [0, 0.1) is 0 Å². The van der Waals surface area contributed by atoms with Gasteiger partial charge < -0.3 is 5.32 Å². The first kappa shape index (κ1) is 15.5.